The highest BCUT2D eigenvalue weighted by atomic mass is 15.3. The predicted molar refractivity (Wildman–Crippen MR) is 60.2 cm³/mol. The molecule has 14 heavy (non-hydrogen) atoms. The van der Waals surface area contributed by atoms with Crippen LogP contribution in [0.2, 0.25) is 0 Å². The van der Waals surface area contributed by atoms with Gasteiger partial charge >= 0.3 is 0 Å². The quantitative estimate of drug-likeness (QED) is 0.798. The monoisotopic (exact) mass is 193 g/mol. The van der Waals surface area contributed by atoms with Crippen LogP contribution in [0, 0.1) is 13.8 Å². The van der Waals surface area contributed by atoms with Gasteiger partial charge in [0, 0.05) is 23.8 Å². The van der Waals surface area contributed by atoms with Crippen LogP contribution in [0.1, 0.15) is 36.8 Å². The molecule has 0 spiro atoms. The maximum Gasteiger partial charge on any atom is 0.0672 e. The number of nitrogens with two attached hydrogens (primary N) is 1. The van der Waals surface area contributed by atoms with Gasteiger partial charge in [0.1, 0.15) is 0 Å². The summed E-state index contributed by atoms with van der Waals surface area (Å²) in [5, 5.41) is 4.48. The van der Waals surface area contributed by atoms with Gasteiger partial charge in [-0.15, -0.1) is 0 Å². The normalized spacial score (nSPS) is 11.0. The Morgan fingerprint density at radius 1 is 1.50 bits per heavy atom. The van der Waals surface area contributed by atoms with E-state index in [1.807, 2.05) is 11.6 Å². The fraction of sp³-hybridized carbons (Fsp3) is 0.545. The van der Waals surface area contributed by atoms with Crippen molar-refractivity contribution in [3.8, 4) is 0 Å². The summed E-state index contributed by atoms with van der Waals surface area (Å²) in [5.74, 6) is 0. The van der Waals surface area contributed by atoms with Gasteiger partial charge in [-0.25, -0.2) is 0 Å². The average molecular weight is 193 g/mol. The van der Waals surface area contributed by atoms with E-state index in [2.05, 4.69) is 32.4 Å². The highest BCUT2D eigenvalue weighted by molar-refractivity contribution is 5.68. The lowest BCUT2D eigenvalue weighted by molar-refractivity contribution is 0.516. The third-order valence-corrected chi connectivity index (χ3v) is 2.41. The second-order valence-corrected chi connectivity index (χ2v) is 3.89. The third-order valence-electron chi connectivity index (χ3n) is 2.41. The molecule has 0 unspecified atom stereocenters. The summed E-state index contributed by atoms with van der Waals surface area (Å²) >= 11 is 0. The van der Waals surface area contributed by atoms with Crippen molar-refractivity contribution in [3.63, 3.8) is 0 Å². The van der Waals surface area contributed by atoms with Crippen molar-refractivity contribution in [1.29, 1.82) is 0 Å². The number of nitrogens with zero attached hydrogens (tertiary/aromatic N) is 2. The van der Waals surface area contributed by atoms with Gasteiger partial charge in [0.25, 0.3) is 0 Å². The van der Waals surface area contributed by atoms with Crippen molar-refractivity contribution < 1.29 is 0 Å². The Morgan fingerprint density at radius 3 is 2.43 bits per heavy atom. The van der Waals surface area contributed by atoms with Crippen LogP contribution >= 0.6 is 0 Å². The smallest absolute Gasteiger partial charge is 0.0672 e. The minimum Gasteiger partial charge on any atom is -0.326 e. The number of hydrogen-bond acceptors (Lipinski definition) is 2. The van der Waals surface area contributed by atoms with Crippen molar-refractivity contribution in [2.45, 2.75) is 33.7 Å². The fourth-order valence-electron chi connectivity index (χ4n) is 1.78. The standard InChI is InChI=1S/C11H19N3/c1-7(2)14-10(5)11(8(3)6-12)9(4)13-14/h7H,3,6,12H2,1-2,4-5H3. The number of hydrogen-bond donors (Lipinski definition) is 1. The fourth-order valence-corrected chi connectivity index (χ4v) is 1.78. The first-order valence-corrected chi connectivity index (χ1v) is 4.93. The maximum absolute atomic E-state index is 5.59. The molecule has 0 bridgehead atoms. The van der Waals surface area contributed by atoms with E-state index >= 15 is 0 Å². The zero-order valence-electron chi connectivity index (χ0n) is 9.46. The summed E-state index contributed by atoms with van der Waals surface area (Å²) in [4.78, 5) is 0. The molecule has 2 N–H and O–H groups in total. The highest BCUT2D eigenvalue weighted by Crippen LogP contribution is 2.22. The van der Waals surface area contributed by atoms with Crippen molar-refractivity contribution in [2.75, 3.05) is 6.54 Å². The summed E-state index contributed by atoms with van der Waals surface area (Å²) in [7, 11) is 0. The first kappa shape index (κ1) is 11.0. The third kappa shape index (κ3) is 1.73. The lowest BCUT2D eigenvalue weighted by Crippen LogP contribution is -2.06. The predicted octanol–water partition coefficient (Wildman–Crippen LogP) is 2.05. The van der Waals surface area contributed by atoms with Crippen molar-refractivity contribution in [1.82, 2.24) is 9.78 Å². The van der Waals surface area contributed by atoms with Gasteiger partial charge in [0.2, 0.25) is 0 Å². The second kappa shape index (κ2) is 3.96. The SMILES string of the molecule is C=C(CN)c1c(C)nn(C(C)C)c1C. The van der Waals surface area contributed by atoms with E-state index in [9.17, 15) is 0 Å². The Balaban J connectivity index is 3.24. The van der Waals surface area contributed by atoms with Crippen LogP contribution < -0.4 is 5.73 Å². The van der Waals surface area contributed by atoms with Gasteiger partial charge in [-0.2, -0.15) is 5.10 Å². The molecule has 0 saturated carbocycles. The zero-order valence-corrected chi connectivity index (χ0v) is 9.46. The number of rotatable bonds is 3. The number of aromatic nitrogens is 2. The van der Waals surface area contributed by atoms with Crippen LogP contribution in [0.5, 0.6) is 0 Å². The molecule has 0 atom stereocenters. The highest BCUT2D eigenvalue weighted by Gasteiger charge is 2.14. The van der Waals surface area contributed by atoms with E-state index in [1.54, 1.807) is 0 Å². The van der Waals surface area contributed by atoms with Crippen molar-refractivity contribution in [3.05, 3.63) is 23.5 Å². The Labute approximate surface area is 85.6 Å². The minimum atomic E-state index is 0.382. The molecule has 0 aliphatic rings. The summed E-state index contributed by atoms with van der Waals surface area (Å²) in [5.41, 5.74) is 9.86. The Hall–Kier alpha value is -1.09. The molecule has 0 fully saturated rings. The van der Waals surface area contributed by atoms with E-state index in [1.165, 1.54) is 0 Å². The maximum atomic E-state index is 5.59. The zero-order chi connectivity index (χ0) is 10.9. The largest absolute Gasteiger partial charge is 0.326 e. The Kier molecular flexibility index (Phi) is 3.11. The molecule has 0 amide bonds. The molecule has 0 aliphatic heterocycles. The first-order valence-electron chi connectivity index (χ1n) is 4.93. The molecule has 0 aromatic carbocycles. The lowest BCUT2D eigenvalue weighted by atomic mass is 10.1. The van der Waals surface area contributed by atoms with Gasteiger partial charge in [0.05, 0.1) is 5.69 Å². The van der Waals surface area contributed by atoms with Crippen LogP contribution in [0.4, 0.5) is 0 Å². The number of aryl methyl sites for hydroxylation is 1. The van der Waals surface area contributed by atoms with E-state index in [0.717, 1.165) is 22.5 Å². The van der Waals surface area contributed by atoms with Gasteiger partial charge in [-0.05, 0) is 33.3 Å². The van der Waals surface area contributed by atoms with Crippen LogP contribution in [-0.2, 0) is 0 Å². The van der Waals surface area contributed by atoms with E-state index < -0.39 is 0 Å². The van der Waals surface area contributed by atoms with Crippen molar-refractivity contribution in [2.24, 2.45) is 5.73 Å². The second-order valence-electron chi connectivity index (χ2n) is 3.89. The molecule has 1 heterocycles. The summed E-state index contributed by atoms with van der Waals surface area (Å²) in [6, 6.07) is 0.382. The van der Waals surface area contributed by atoms with Gasteiger partial charge in [-0.3, -0.25) is 4.68 Å². The van der Waals surface area contributed by atoms with Crippen LogP contribution in [0.3, 0.4) is 0 Å². The topological polar surface area (TPSA) is 43.8 Å². The summed E-state index contributed by atoms with van der Waals surface area (Å²) in [6.07, 6.45) is 0. The summed E-state index contributed by atoms with van der Waals surface area (Å²) < 4.78 is 2.02. The molecule has 0 radical (unpaired) electrons. The molecule has 1 rings (SSSR count). The molecular formula is C11H19N3. The van der Waals surface area contributed by atoms with Gasteiger partial charge < -0.3 is 5.73 Å². The molecule has 0 saturated heterocycles. The van der Waals surface area contributed by atoms with E-state index in [-0.39, 0.29) is 0 Å². The molecule has 3 heteroatoms. The van der Waals surface area contributed by atoms with Crippen molar-refractivity contribution >= 4 is 5.57 Å². The minimum absolute atomic E-state index is 0.382. The Bertz CT molecular complexity index is 348. The Morgan fingerprint density at radius 2 is 2.07 bits per heavy atom. The molecule has 1 aromatic heterocycles. The molecule has 78 valence electrons. The molecular weight excluding hydrogens is 174 g/mol. The molecule has 1 aromatic rings. The lowest BCUT2D eigenvalue weighted by Gasteiger charge is -2.09. The van der Waals surface area contributed by atoms with Crippen LogP contribution in [0.25, 0.3) is 5.57 Å². The average Bonchev–Trinajstić information content (AvgIpc) is 2.41. The molecule has 0 aliphatic carbocycles. The molecule has 3 nitrogen and oxygen atoms in total. The van der Waals surface area contributed by atoms with Gasteiger partial charge in [0.15, 0.2) is 0 Å². The van der Waals surface area contributed by atoms with E-state index in [0.29, 0.717) is 12.6 Å². The van der Waals surface area contributed by atoms with E-state index in [4.69, 9.17) is 5.73 Å². The summed E-state index contributed by atoms with van der Waals surface area (Å²) in [6.45, 7) is 12.8. The van der Waals surface area contributed by atoms with Gasteiger partial charge in [-0.1, -0.05) is 6.58 Å². The first-order chi connectivity index (χ1) is 6.49. The van der Waals surface area contributed by atoms with Crippen LogP contribution in [-0.4, -0.2) is 16.3 Å². The van der Waals surface area contributed by atoms with Crippen LogP contribution in [0.15, 0.2) is 6.58 Å².